The number of benzene rings is 1. The first-order valence-corrected chi connectivity index (χ1v) is 12.8. The number of fused-ring (bicyclic) bond motifs is 1. The van der Waals surface area contributed by atoms with Gasteiger partial charge in [0, 0.05) is 32.2 Å². The highest BCUT2D eigenvalue weighted by Gasteiger charge is 2.65. The zero-order chi connectivity index (χ0) is 23.8. The standard InChI is InChI=1S/C22H25F2N3O5S/c1-12(21(2,23)24)31-17-7-6-15(33(3,29)30)8-16(17)19(28)27-10-14-9-22(14,11-27)20-26-25-18(32-20)13-4-5-13/h6-8,12-14H,4-5,9-11H2,1-3H3/t12-,14?,22?/m1/s1. The fourth-order valence-corrected chi connectivity index (χ4v) is 5.02. The van der Waals surface area contributed by atoms with Gasteiger partial charge in [0.2, 0.25) is 11.8 Å². The molecule has 8 nitrogen and oxygen atoms in total. The van der Waals surface area contributed by atoms with E-state index >= 15 is 0 Å². The number of amides is 1. The molecule has 1 amide bonds. The number of aromatic nitrogens is 2. The lowest BCUT2D eigenvalue weighted by molar-refractivity contribution is -0.0720. The molecule has 2 saturated carbocycles. The molecule has 2 heterocycles. The van der Waals surface area contributed by atoms with Crippen LogP contribution in [0.1, 0.15) is 61.2 Å². The first-order valence-electron chi connectivity index (χ1n) is 10.9. The Morgan fingerprint density at radius 2 is 2.06 bits per heavy atom. The van der Waals surface area contributed by atoms with Crippen molar-refractivity contribution in [1.82, 2.24) is 15.1 Å². The van der Waals surface area contributed by atoms with Gasteiger partial charge in [-0.1, -0.05) is 0 Å². The van der Waals surface area contributed by atoms with Gasteiger partial charge in [0.15, 0.2) is 15.9 Å². The van der Waals surface area contributed by atoms with Gasteiger partial charge in [-0.3, -0.25) is 4.79 Å². The minimum atomic E-state index is -3.62. The molecular weight excluding hydrogens is 456 g/mol. The Kier molecular flexibility index (Phi) is 4.86. The molecule has 11 heteroatoms. The second-order valence-corrected chi connectivity index (χ2v) is 11.6. The number of nitrogens with zero attached hydrogens (tertiary/aromatic N) is 3. The van der Waals surface area contributed by atoms with Gasteiger partial charge >= 0.3 is 0 Å². The van der Waals surface area contributed by atoms with Crippen LogP contribution in [0.5, 0.6) is 5.75 Å². The van der Waals surface area contributed by atoms with Crippen LogP contribution < -0.4 is 4.74 Å². The smallest absolute Gasteiger partial charge is 0.281 e. The van der Waals surface area contributed by atoms with E-state index in [9.17, 15) is 22.0 Å². The lowest BCUT2D eigenvalue weighted by atomic mass is 10.1. The third kappa shape index (κ3) is 4.00. The summed E-state index contributed by atoms with van der Waals surface area (Å²) < 4.78 is 62.9. The minimum absolute atomic E-state index is 0.0605. The third-order valence-corrected chi connectivity index (χ3v) is 7.96. The topological polar surface area (TPSA) is 103 Å². The molecule has 178 valence electrons. The van der Waals surface area contributed by atoms with Crippen LogP contribution in [-0.2, 0) is 15.3 Å². The molecule has 1 aliphatic heterocycles. The molecule has 0 N–H and O–H groups in total. The molecule has 3 atom stereocenters. The van der Waals surface area contributed by atoms with Gasteiger partial charge in [0.25, 0.3) is 11.8 Å². The predicted molar refractivity (Wildman–Crippen MR) is 112 cm³/mol. The lowest BCUT2D eigenvalue weighted by Gasteiger charge is -2.25. The third-order valence-electron chi connectivity index (χ3n) is 6.85. The second-order valence-electron chi connectivity index (χ2n) is 9.61. The van der Waals surface area contributed by atoms with E-state index in [2.05, 4.69) is 10.2 Å². The average molecular weight is 482 g/mol. The summed E-state index contributed by atoms with van der Waals surface area (Å²) >= 11 is 0. The molecular formula is C22H25F2N3O5S. The van der Waals surface area contributed by atoms with Crippen LogP contribution in [0.4, 0.5) is 8.78 Å². The number of likely N-dealkylation sites (tertiary alicyclic amines) is 1. The molecule has 5 rings (SSSR count). The van der Waals surface area contributed by atoms with Gasteiger partial charge < -0.3 is 14.1 Å². The Balaban J connectivity index is 1.42. The summed E-state index contributed by atoms with van der Waals surface area (Å²) in [6.45, 7) is 2.70. The van der Waals surface area contributed by atoms with Gasteiger partial charge in [-0.15, -0.1) is 10.2 Å². The fourth-order valence-electron chi connectivity index (χ4n) is 4.37. The molecule has 1 aromatic heterocycles. The van der Waals surface area contributed by atoms with Crippen molar-refractivity contribution in [3.63, 3.8) is 0 Å². The molecule has 0 bridgehead atoms. The summed E-state index contributed by atoms with van der Waals surface area (Å²) in [5, 5.41) is 8.38. The van der Waals surface area contributed by atoms with E-state index in [1.54, 1.807) is 4.90 Å². The lowest BCUT2D eigenvalue weighted by Crippen LogP contribution is -2.35. The van der Waals surface area contributed by atoms with Crippen molar-refractivity contribution in [3.8, 4) is 5.75 Å². The average Bonchev–Trinajstić information content (AvgIpc) is 3.61. The SMILES string of the molecule is C[C@@H](Oc1ccc(S(C)(=O)=O)cc1C(=O)N1CC2CC2(c2nnc(C3CC3)o2)C1)C(C)(F)F. The number of ether oxygens (including phenoxy) is 1. The number of sulfone groups is 1. The molecule has 1 saturated heterocycles. The van der Waals surface area contributed by atoms with Crippen LogP contribution in [-0.4, -0.2) is 60.8 Å². The van der Waals surface area contributed by atoms with Gasteiger partial charge in [-0.05, 0) is 50.3 Å². The Morgan fingerprint density at radius 3 is 2.70 bits per heavy atom. The van der Waals surface area contributed by atoms with Crippen LogP contribution in [0.25, 0.3) is 0 Å². The number of rotatable bonds is 7. The van der Waals surface area contributed by atoms with E-state index in [4.69, 9.17) is 9.15 Å². The summed E-state index contributed by atoms with van der Waals surface area (Å²) in [5.74, 6) is -2.04. The van der Waals surface area contributed by atoms with E-state index in [0.717, 1.165) is 32.4 Å². The number of hydrogen-bond acceptors (Lipinski definition) is 7. The monoisotopic (exact) mass is 481 g/mol. The highest BCUT2D eigenvalue weighted by molar-refractivity contribution is 7.90. The largest absolute Gasteiger partial charge is 0.484 e. The van der Waals surface area contributed by atoms with E-state index in [1.165, 1.54) is 25.1 Å². The maximum atomic E-state index is 13.7. The first kappa shape index (κ1) is 22.2. The summed E-state index contributed by atoms with van der Waals surface area (Å²) in [6.07, 6.45) is 2.42. The Bertz CT molecular complexity index is 1220. The summed E-state index contributed by atoms with van der Waals surface area (Å²) in [7, 11) is -3.62. The molecule has 0 spiro atoms. The summed E-state index contributed by atoms with van der Waals surface area (Å²) in [6, 6.07) is 3.71. The van der Waals surface area contributed by atoms with Crippen LogP contribution in [0, 0.1) is 5.92 Å². The highest BCUT2D eigenvalue weighted by Crippen LogP contribution is 2.59. The number of carbonyl (C=O) groups excluding carboxylic acids is 1. The fraction of sp³-hybridized carbons (Fsp3) is 0.591. The maximum Gasteiger partial charge on any atom is 0.281 e. The molecule has 1 aromatic carbocycles. The summed E-state index contributed by atoms with van der Waals surface area (Å²) in [4.78, 5) is 14.9. The zero-order valence-electron chi connectivity index (χ0n) is 18.5. The predicted octanol–water partition coefficient (Wildman–Crippen LogP) is 3.19. The zero-order valence-corrected chi connectivity index (χ0v) is 19.4. The normalized spacial score (nSPS) is 25.6. The van der Waals surface area contributed by atoms with Crippen molar-refractivity contribution in [1.29, 1.82) is 0 Å². The number of carbonyl (C=O) groups is 1. The minimum Gasteiger partial charge on any atom is -0.484 e. The first-order chi connectivity index (χ1) is 15.4. The number of piperidine rings is 1. The molecule has 2 unspecified atom stereocenters. The van der Waals surface area contributed by atoms with Gasteiger partial charge in [0.1, 0.15) is 5.75 Å². The van der Waals surface area contributed by atoms with Crippen molar-refractivity contribution in [2.24, 2.45) is 5.92 Å². The second kappa shape index (κ2) is 7.22. The molecule has 3 fully saturated rings. The van der Waals surface area contributed by atoms with Gasteiger partial charge in [-0.2, -0.15) is 0 Å². The number of halogens is 2. The van der Waals surface area contributed by atoms with Crippen molar-refractivity contribution in [2.45, 2.75) is 61.4 Å². The number of hydrogen-bond donors (Lipinski definition) is 0. The van der Waals surface area contributed by atoms with Gasteiger partial charge in [0.05, 0.1) is 15.9 Å². The molecule has 2 aliphatic carbocycles. The van der Waals surface area contributed by atoms with Gasteiger partial charge in [-0.25, -0.2) is 17.2 Å². The van der Waals surface area contributed by atoms with Crippen LogP contribution in [0.3, 0.4) is 0 Å². The van der Waals surface area contributed by atoms with Crippen molar-refractivity contribution in [2.75, 3.05) is 19.3 Å². The van der Waals surface area contributed by atoms with Crippen molar-refractivity contribution in [3.05, 3.63) is 35.5 Å². The van der Waals surface area contributed by atoms with E-state index in [0.29, 0.717) is 30.8 Å². The highest BCUT2D eigenvalue weighted by atomic mass is 32.2. The summed E-state index contributed by atoms with van der Waals surface area (Å²) in [5.41, 5.74) is -0.454. The maximum absolute atomic E-state index is 13.7. The van der Waals surface area contributed by atoms with Crippen molar-refractivity contribution >= 4 is 15.7 Å². The van der Waals surface area contributed by atoms with E-state index in [1.807, 2.05) is 0 Å². The molecule has 33 heavy (non-hydrogen) atoms. The quantitative estimate of drug-likeness (QED) is 0.598. The Hall–Kier alpha value is -2.56. The molecule has 0 radical (unpaired) electrons. The Morgan fingerprint density at radius 1 is 1.33 bits per heavy atom. The van der Waals surface area contributed by atoms with Crippen LogP contribution >= 0.6 is 0 Å². The van der Waals surface area contributed by atoms with Crippen molar-refractivity contribution < 1.29 is 31.1 Å². The van der Waals surface area contributed by atoms with E-state index < -0.39 is 33.2 Å². The number of alkyl halides is 2. The Labute approximate surface area is 190 Å². The van der Waals surface area contributed by atoms with Crippen LogP contribution in [0.15, 0.2) is 27.5 Å². The van der Waals surface area contributed by atoms with Crippen LogP contribution in [0.2, 0.25) is 0 Å². The molecule has 3 aliphatic rings. The van der Waals surface area contributed by atoms with E-state index in [-0.39, 0.29) is 22.1 Å². The molecule has 2 aromatic rings.